The lowest BCUT2D eigenvalue weighted by Crippen LogP contribution is -2.46. The third-order valence-corrected chi connectivity index (χ3v) is 3.05. The van der Waals surface area contributed by atoms with Gasteiger partial charge < -0.3 is 10.4 Å². The molecule has 18 heavy (non-hydrogen) atoms. The number of rotatable bonds is 5. The van der Waals surface area contributed by atoms with Gasteiger partial charge in [-0.3, -0.25) is 14.5 Å². The molecule has 2 N–H and O–H groups in total. The van der Waals surface area contributed by atoms with E-state index in [2.05, 4.69) is 5.32 Å². The largest absolute Gasteiger partial charge is 0.480 e. The Bertz CT molecular complexity index is 338. The topological polar surface area (TPSA) is 93.4 Å². The number of carbonyl (C=O) groups is 2. The van der Waals surface area contributed by atoms with Gasteiger partial charge in [-0.15, -0.1) is 0 Å². The van der Waals surface area contributed by atoms with Crippen molar-refractivity contribution in [1.82, 2.24) is 10.2 Å². The molecule has 0 saturated carbocycles. The molecule has 0 bridgehead atoms. The van der Waals surface area contributed by atoms with Crippen molar-refractivity contribution in [2.45, 2.75) is 38.1 Å². The second-order valence-corrected chi connectivity index (χ2v) is 4.43. The zero-order valence-electron chi connectivity index (χ0n) is 10.4. The van der Waals surface area contributed by atoms with Crippen LogP contribution in [0.3, 0.4) is 0 Å². The van der Waals surface area contributed by atoms with Crippen LogP contribution in [-0.2, 0) is 9.59 Å². The lowest BCUT2D eigenvalue weighted by molar-refractivity contribution is -0.144. The average Bonchev–Trinajstić information content (AvgIpc) is 2.55. The number of nitrogens with one attached hydrogen (secondary N) is 1. The van der Waals surface area contributed by atoms with Gasteiger partial charge in [0, 0.05) is 6.54 Å². The van der Waals surface area contributed by atoms with Crippen molar-refractivity contribution in [2.24, 2.45) is 0 Å². The van der Waals surface area contributed by atoms with E-state index in [9.17, 15) is 9.59 Å². The summed E-state index contributed by atoms with van der Waals surface area (Å²) in [5.41, 5.74) is 0. The van der Waals surface area contributed by atoms with E-state index in [4.69, 9.17) is 10.4 Å². The van der Waals surface area contributed by atoms with Crippen LogP contribution in [0.2, 0.25) is 0 Å². The zero-order valence-corrected chi connectivity index (χ0v) is 10.4. The van der Waals surface area contributed by atoms with Gasteiger partial charge in [0.05, 0.1) is 19.0 Å². The summed E-state index contributed by atoms with van der Waals surface area (Å²) in [5, 5.41) is 20.1. The van der Waals surface area contributed by atoms with E-state index in [0.717, 1.165) is 19.3 Å². The fourth-order valence-corrected chi connectivity index (χ4v) is 2.13. The highest BCUT2D eigenvalue weighted by Crippen LogP contribution is 2.16. The molecule has 1 aliphatic rings. The molecular weight excluding hydrogens is 234 g/mol. The van der Waals surface area contributed by atoms with Gasteiger partial charge in [0.15, 0.2) is 0 Å². The molecule has 0 aromatic heterocycles. The van der Waals surface area contributed by atoms with Crippen molar-refractivity contribution in [3.05, 3.63) is 0 Å². The zero-order chi connectivity index (χ0) is 13.4. The molecule has 1 amide bonds. The summed E-state index contributed by atoms with van der Waals surface area (Å²) in [5.74, 6) is -1.07. The highest BCUT2D eigenvalue weighted by Gasteiger charge is 2.28. The number of nitrogens with zero attached hydrogens (tertiary/aromatic N) is 2. The standard InChI is InChI=1S/C12H19N3O3/c13-6-4-7-14-11(16)9-15-8-3-1-2-5-10(15)12(17)18/h10H,1-5,7-9H2,(H,14,16)(H,17,18). The molecule has 1 rings (SSSR count). The number of carbonyl (C=O) groups excluding carboxylic acids is 1. The fraction of sp³-hybridized carbons (Fsp3) is 0.750. The van der Waals surface area contributed by atoms with Crippen LogP contribution in [-0.4, -0.2) is 47.6 Å². The molecule has 1 aliphatic heterocycles. The first-order valence-electron chi connectivity index (χ1n) is 6.25. The Hall–Kier alpha value is -1.61. The molecule has 1 saturated heterocycles. The van der Waals surface area contributed by atoms with Crippen LogP contribution in [0.15, 0.2) is 0 Å². The first-order chi connectivity index (χ1) is 8.65. The van der Waals surface area contributed by atoms with E-state index >= 15 is 0 Å². The molecule has 6 heteroatoms. The van der Waals surface area contributed by atoms with E-state index in [1.807, 2.05) is 6.07 Å². The summed E-state index contributed by atoms with van der Waals surface area (Å²) < 4.78 is 0. The Morgan fingerprint density at radius 1 is 1.39 bits per heavy atom. The Morgan fingerprint density at radius 3 is 2.83 bits per heavy atom. The van der Waals surface area contributed by atoms with Crippen molar-refractivity contribution in [1.29, 1.82) is 5.26 Å². The molecule has 100 valence electrons. The maximum absolute atomic E-state index is 11.6. The minimum Gasteiger partial charge on any atom is -0.480 e. The van der Waals surface area contributed by atoms with Crippen molar-refractivity contribution >= 4 is 11.9 Å². The SMILES string of the molecule is N#CCCNC(=O)CN1CCCCCC1C(=O)O. The van der Waals surface area contributed by atoms with Gasteiger partial charge in [0.2, 0.25) is 5.91 Å². The number of hydrogen-bond acceptors (Lipinski definition) is 4. The van der Waals surface area contributed by atoms with Gasteiger partial charge in [0.1, 0.15) is 6.04 Å². The lowest BCUT2D eigenvalue weighted by atomic mass is 10.1. The van der Waals surface area contributed by atoms with Gasteiger partial charge in [-0.2, -0.15) is 5.26 Å². The normalized spacial score (nSPS) is 20.7. The van der Waals surface area contributed by atoms with Crippen LogP contribution in [0, 0.1) is 11.3 Å². The number of carboxylic acids is 1. The van der Waals surface area contributed by atoms with Gasteiger partial charge in [-0.25, -0.2) is 0 Å². The van der Waals surface area contributed by atoms with Gasteiger partial charge in [0.25, 0.3) is 0 Å². The summed E-state index contributed by atoms with van der Waals surface area (Å²) in [6, 6.07) is 1.38. The van der Waals surface area contributed by atoms with Crippen molar-refractivity contribution < 1.29 is 14.7 Å². The number of carboxylic acid groups (broad SMARTS) is 1. The monoisotopic (exact) mass is 253 g/mol. The van der Waals surface area contributed by atoms with Crippen LogP contribution in [0.4, 0.5) is 0 Å². The second-order valence-electron chi connectivity index (χ2n) is 4.43. The van der Waals surface area contributed by atoms with Crippen LogP contribution in [0.1, 0.15) is 32.1 Å². The van der Waals surface area contributed by atoms with E-state index in [-0.39, 0.29) is 18.9 Å². The van der Waals surface area contributed by atoms with E-state index in [0.29, 0.717) is 19.5 Å². The quantitative estimate of drug-likeness (QED) is 0.689. The molecule has 6 nitrogen and oxygen atoms in total. The van der Waals surface area contributed by atoms with Crippen LogP contribution >= 0.6 is 0 Å². The molecule has 1 heterocycles. The molecule has 0 aromatic carbocycles. The minimum absolute atomic E-state index is 0.0996. The minimum atomic E-state index is -0.860. The maximum atomic E-state index is 11.6. The summed E-state index contributed by atoms with van der Waals surface area (Å²) >= 11 is 0. The Balaban J connectivity index is 2.47. The Morgan fingerprint density at radius 2 is 2.17 bits per heavy atom. The maximum Gasteiger partial charge on any atom is 0.320 e. The number of amides is 1. The number of nitriles is 1. The molecule has 1 atom stereocenters. The van der Waals surface area contributed by atoms with Crippen molar-refractivity contribution in [3.8, 4) is 6.07 Å². The predicted molar refractivity (Wildman–Crippen MR) is 64.7 cm³/mol. The third-order valence-electron chi connectivity index (χ3n) is 3.05. The first kappa shape index (κ1) is 14.5. The smallest absolute Gasteiger partial charge is 0.320 e. The summed E-state index contributed by atoms with van der Waals surface area (Å²) in [6.07, 6.45) is 3.70. The molecular formula is C12H19N3O3. The Kier molecular flexibility index (Phi) is 6.15. The third kappa shape index (κ3) is 4.72. The van der Waals surface area contributed by atoms with Crippen molar-refractivity contribution in [2.75, 3.05) is 19.6 Å². The summed E-state index contributed by atoms with van der Waals surface area (Å²) in [6.45, 7) is 1.06. The van der Waals surface area contributed by atoms with E-state index in [1.54, 1.807) is 4.90 Å². The number of aliphatic carboxylic acids is 1. The molecule has 1 fully saturated rings. The predicted octanol–water partition coefficient (Wildman–Crippen LogP) is 0.345. The molecule has 0 radical (unpaired) electrons. The Labute approximate surface area is 107 Å². The first-order valence-corrected chi connectivity index (χ1v) is 6.25. The van der Waals surface area contributed by atoms with Crippen LogP contribution in [0.25, 0.3) is 0 Å². The van der Waals surface area contributed by atoms with Crippen molar-refractivity contribution in [3.63, 3.8) is 0 Å². The van der Waals surface area contributed by atoms with Gasteiger partial charge >= 0.3 is 5.97 Å². The molecule has 0 aromatic rings. The van der Waals surface area contributed by atoms with Crippen LogP contribution < -0.4 is 5.32 Å². The van der Waals surface area contributed by atoms with Gasteiger partial charge in [-0.1, -0.05) is 12.8 Å². The highest BCUT2D eigenvalue weighted by atomic mass is 16.4. The molecule has 0 aliphatic carbocycles. The molecule has 0 spiro atoms. The summed E-state index contributed by atoms with van der Waals surface area (Å²) in [7, 11) is 0. The fourth-order valence-electron chi connectivity index (χ4n) is 2.13. The van der Waals surface area contributed by atoms with Crippen LogP contribution in [0.5, 0.6) is 0 Å². The van der Waals surface area contributed by atoms with E-state index < -0.39 is 12.0 Å². The second kappa shape index (κ2) is 7.67. The average molecular weight is 253 g/mol. The lowest BCUT2D eigenvalue weighted by Gasteiger charge is -2.25. The van der Waals surface area contributed by atoms with Gasteiger partial charge in [-0.05, 0) is 19.4 Å². The van der Waals surface area contributed by atoms with E-state index in [1.165, 1.54) is 0 Å². The molecule has 1 unspecified atom stereocenters. The summed E-state index contributed by atoms with van der Waals surface area (Å²) in [4.78, 5) is 24.5. The number of hydrogen-bond donors (Lipinski definition) is 2. The highest BCUT2D eigenvalue weighted by molar-refractivity contribution is 5.79. The number of likely N-dealkylation sites (tertiary alicyclic amines) is 1.